The molecule has 6 nitrogen and oxygen atoms in total. The van der Waals surface area contributed by atoms with Crippen molar-refractivity contribution in [3.05, 3.63) is 59.9 Å². The summed E-state index contributed by atoms with van der Waals surface area (Å²) in [5, 5.41) is 0. The number of carbonyl (C=O) groups excluding carboxylic acids is 2. The molecule has 1 fully saturated rings. The highest BCUT2D eigenvalue weighted by molar-refractivity contribution is 5.97. The van der Waals surface area contributed by atoms with Gasteiger partial charge >= 0.3 is 6.09 Å². The van der Waals surface area contributed by atoms with Crippen molar-refractivity contribution in [3.8, 4) is 0 Å². The number of amides is 2. The first-order chi connectivity index (χ1) is 11.6. The van der Waals surface area contributed by atoms with Crippen molar-refractivity contribution in [1.82, 2.24) is 9.88 Å². The molecule has 1 aromatic carbocycles. The molecule has 0 spiro atoms. The molecule has 24 heavy (non-hydrogen) atoms. The molecule has 2 aromatic rings. The second kappa shape index (κ2) is 6.70. The highest BCUT2D eigenvalue weighted by Gasteiger charge is 2.25. The number of hydrogen-bond acceptors (Lipinski definition) is 4. The first kappa shape index (κ1) is 16.0. The molecular weight excluding hydrogens is 306 g/mol. The molecule has 0 saturated carbocycles. The Morgan fingerprint density at radius 1 is 1.33 bits per heavy atom. The van der Waals surface area contributed by atoms with Crippen LogP contribution in [0.25, 0.3) is 0 Å². The lowest BCUT2D eigenvalue weighted by Gasteiger charge is -2.25. The highest BCUT2D eigenvalue weighted by Crippen LogP contribution is 2.23. The van der Waals surface area contributed by atoms with E-state index in [0.29, 0.717) is 24.4 Å². The molecule has 6 heteroatoms. The zero-order chi connectivity index (χ0) is 17.1. The van der Waals surface area contributed by atoms with Gasteiger partial charge in [0.25, 0.3) is 5.91 Å². The molecule has 0 bridgehead atoms. The van der Waals surface area contributed by atoms with Crippen LogP contribution in [0.3, 0.4) is 0 Å². The summed E-state index contributed by atoms with van der Waals surface area (Å²) in [6, 6.07) is 10.7. The predicted molar refractivity (Wildman–Crippen MR) is 89.9 cm³/mol. The molecule has 0 N–H and O–H groups in total. The van der Waals surface area contributed by atoms with Gasteiger partial charge in [-0.3, -0.25) is 14.7 Å². The zero-order valence-corrected chi connectivity index (χ0v) is 13.7. The largest absolute Gasteiger partial charge is 0.447 e. The van der Waals surface area contributed by atoms with Gasteiger partial charge in [-0.05, 0) is 36.8 Å². The minimum absolute atomic E-state index is 0.105. The summed E-state index contributed by atoms with van der Waals surface area (Å²) in [6.07, 6.45) is 3.08. The van der Waals surface area contributed by atoms with Crippen molar-refractivity contribution in [3.63, 3.8) is 0 Å². The lowest BCUT2D eigenvalue weighted by Crippen LogP contribution is -2.30. The molecule has 1 atom stereocenters. The molecular formula is C18H19N3O3. The lowest BCUT2D eigenvalue weighted by molar-refractivity contribution is 0.0742. The third-order valence-corrected chi connectivity index (χ3v) is 4.23. The van der Waals surface area contributed by atoms with Gasteiger partial charge in [-0.2, -0.15) is 0 Å². The fourth-order valence-electron chi connectivity index (χ4n) is 2.66. The standard InChI is InChI=1S/C18H19N3O3/c1-13(15-6-4-8-19-12-15)20(2)17(22)14-5-3-7-16(11-14)21-9-10-24-18(21)23/h3-8,11-13H,9-10H2,1-2H3/t13-/m1/s1. The fraction of sp³-hybridized carbons (Fsp3) is 0.278. The van der Waals surface area contributed by atoms with Crippen LogP contribution in [-0.2, 0) is 4.74 Å². The number of cyclic esters (lactones) is 1. The summed E-state index contributed by atoms with van der Waals surface area (Å²) in [6.45, 7) is 2.82. The van der Waals surface area contributed by atoms with Crippen LogP contribution in [0.4, 0.5) is 10.5 Å². The SMILES string of the molecule is C[C@H](c1cccnc1)N(C)C(=O)c1cccc(N2CCOC2=O)c1. The minimum atomic E-state index is -0.378. The lowest BCUT2D eigenvalue weighted by atomic mass is 10.1. The van der Waals surface area contributed by atoms with E-state index in [1.54, 1.807) is 48.6 Å². The summed E-state index contributed by atoms with van der Waals surface area (Å²) in [5.41, 5.74) is 2.17. The maximum Gasteiger partial charge on any atom is 0.414 e. The monoisotopic (exact) mass is 325 g/mol. The normalized spacial score (nSPS) is 15.1. The number of carbonyl (C=O) groups is 2. The van der Waals surface area contributed by atoms with Crippen LogP contribution in [-0.4, -0.2) is 42.1 Å². The van der Waals surface area contributed by atoms with Crippen molar-refractivity contribution in [2.24, 2.45) is 0 Å². The van der Waals surface area contributed by atoms with Crippen LogP contribution < -0.4 is 4.90 Å². The van der Waals surface area contributed by atoms with E-state index in [4.69, 9.17) is 4.74 Å². The van der Waals surface area contributed by atoms with Crippen molar-refractivity contribution in [2.75, 3.05) is 25.1 Å². The van der Waals surface area contributed by atoms with Crippen molar-refractivity contribution in [2.45, 2.75) is 13.0 Å². The molecule has 3 rings (SSSR count). The summed E-state index contributed by atoms with van der Waals surface area (Å²) in [5.74, 6) is -0.110. The van der Waals surface area contributed by atoms with Gasteiger partial charge in [-0.15, -0.1) is 0 Å². The molecule has 1 saturated heterocycles. The van der Waals surface area contributed by atoms with Crippen LogP contribution in [0.5, 0.6) is 0 Å². The van der Waals surface area contributed by atoms with Gasteiger partial charge in [0.2, 0.25) is 0 Å². The Kier molecular flexibility index (Phi) is 4.46. The first-order valence-corrected chi connectivity index (χ1v) is 7.79. The first-order valence-electron chi connectivity index (χ1n) is 7.79. The third kappa shape index (κ3) is 3.08. The molecule has 0 radical (unpaired) electrons. The molecule has 1 aliphatic rings. The number of pyridine rings is 1. The van der Waals surface area contributed by atoms with E-state index in [1.807, 2.05) is 19.1 Å². The van der Waals surface area contributed by atoms with Crippen LogP contribution in [0.1, 0.15) is 28.9 Å². The number of aromatic nitrogens is 1. The predicted octanol–water partition coefficient (Wildman–Crippen LogP) is 2.87. The van der Waals surface area contributed by atoms with Gasteiger partial charge in [0.05, 0.1) is 12.6 Å². The summed E-state index contributed by atoms with van der Waals surface area (Å²) >= 11 is 0. The summed E-state index contributed by atoms with van der Waals surface area (Å²) in [4.78, 5) is 31.8. The maximum absolute atomic E-state index is 12.8. The smallest absolute Gasteiger partial charge is 0.414 e. The Morgan fingerprint density at radius 3 is 2.83 bits per heavy atom. The molecule has 124 valence electrons. The maximum atomic E-state index is 12.8. The topological polar surface area (TPSA) is 62.7 Å². The van der Waals surface area contributed by atoms with Gasteiger partial charge in [0, 0.05) is 30.7 Å². The second-order valence-electron chi connectivity index (χ2n) is 5.69. The average Bonchev–Trinajstić information content (AvgIpc) is 3.06. The van der Waals surface area contributed by atoms with E-state index < -0.39 is 0 Å². The summed E-state index contributed by atoms with van der Waals surface area (Å²) < 4.78 is 4.95. The number of hydrogen-bond donors (Lipinski definition) is 0. The number of rotatable bonds is 4. The van der Waals surface area contributed by atoms with Crippen LogP contribution in [0.15, 0.2) is 48.8 Å². The average molecular weight is 325 g/mol. The third-order valence-electron chi connectivity index (χ3n) is 4.23. The zero-order valence-electron chi connectivity index (χ0n) is 13.7. The molecule has 2 amide bonds. The van der Waals surface area contributed by atoms with Gasteiger partial charge < -0.3 is 9.64 Å². The Balaban J connectivity index is 1.81. The van der Waals surface area contributed by atoms with Gasteiger partial charge in [0.1, 0.15) is 6.61 Å². The van der Waals surface area contributed by atoms with E-state index >= 15 is 0 Å². The molecule has 1 aromatic heterocycles. The molecule has 1 aliphatic heterocycles. The Morgan fingerprint density at radius 2 is 2.17 bits per heavy atom. The Labute approximate surface area is 140 Å². The van der Waals surface area contributed by atoms with E-state index in [2.05, 4.69) is 4.98 Å². The number of benzene rings is 1. The van der Waals surface area contributed by atoms with E-state index in [0.717, 1.165) is 5.56 Å². The van der Waals surface area contributed by atoms with E-state index in [1.165, 1.54) is 4.90 Å². The number of ether oxygens (including phenoxy) is 1. The highest BCUT2D eigenvalue weighted by atomic mass is 16.6. The summed E-state index contributed by atoms with van der Waals surface area (Å²) in [7, 11) is 1.76. The number of nitrogens with zero attached hydrogens (tertiary/aromatic N) is 3. The second-order valence-corrected chi connectivity index (χ2v) is 5.69. The quantitative estimate of drug-likeness (QED) is 0.867. The molecule has 2 heterocycles. The van der Waals surface area contributed by atoms with Gasteiger partial charge in [0.15, 0.2) is 0 Å². The van der Waals surface area contributed by atoms with Crippen LogP contribution in [0.2, 0.25) is 0 Å². The molecule has 0 aliphatic carbocycles. The van der Waals surface area contributed by atoms with Crippen LogP contribution in [0, 0.1) is 0 Å². The Bertz CT molecular complexity index is 748. The van der Waals surface area contributed by atoms with Gasteiger partial charge in [-0.25, -0.2) is 4.79 Å². The minimum Gasteiger partial charge on any atom is -0.447 e. The Hall–Kier alpha value is -2.89. The van der Waals surface area contributed by atoms with E-state index in [-0.39, 0.29) is 18.0 Å². The van der Waals surface area contributed by atoms with E-state index in [9.17, 15) is 9.59 Å². The van der Waals surface area contributed by atoms with Crippen molar-refractivity contribution >= 4 is 17.7 Å². The van der Waals surface area contributed by atoms with Crippen molar-refractivity contribution in [1.29, 1.82) is 0 Å². The van der Waals surface area contributed by atoms with Crippen LogP contribution >= 0.6 is 0 Å². The number of anilines is 1. The van der Waals surface area contributed by atoms with Gasteiger partial charge in [-0.1, -0.05) is 12.1 Å². The fourth-order valence-corrected chi connectivity index (χ4v) is 2.66. The van der Waals surface area contributed by atoms with Crippen molar-refractivity contribution < 1.29 is 14.3 Å². The molecule has 0 unspecified atom stereocenters.